The minimum Gasteiger partial charge on any atom is -0.425 e. The van der Waals surface area contributed by atoms with Crippen LogP contribution in [0.25, 0.3) is 0 Å². The number of hydrogen-bond donors (Lipinski definition) is 1. The quantitative estimate of drug-likeness (QED) is 0.694. The summed E-state index contributed by atoms with van der Waals surface area (Å²) in [6.45, 7) is 1.56. The molecule has 0 unspecified atom stereocenters. The predicted molar refractivity (Wildman–Crippen MR) is 75.5 cm³/mol. The maximum atomic E-state index is 12.7. The Hall–Kier alpha value is -2.69. The van der Waals surface area contributed by atoms with Crippen LogP contribution >= 0.6 is 0 Å². The lowest BCUT2D eigenvalue weighted by molar-refractivity contribution is -0.133. The van der Waals surface area contributed by atoms with Gasteiger partial charge in [-0.05, 0) is 42.8 Å². The number of ether oxygens (including phenoxy) is 1. The van der Waals surface area contributed by atoms with Gasteiger partial charge in [0, 0.05) is 5.56 Å². The second kappa shape index (κ2) is 6.65. The molecule has 108 valence electrons. The number of halogens is 1. The van der Waals surface area contributed by atoms with Crippen molar-refractivity contribution in [3.05, 3.63) is 65.5 Å². The molecule has 0 radical (unpaired) electrons. The van der Waals surface area contributed by atoms with Gasteiger partial charge in [-0.25, -0.2) is 9.18 Å². The number of benzene rings is 2. The molecule has 2 aromatic rings. The molecule has 0 spiro atoms. The summed E-state index contributed by atoms with van der Waals surface area (Å²) in [6, 6.07) is 12.1. The minimum atomic E-state index is -0.570. The van der Waals surface area contributed by atoms with Gasteiger partial charge in [0.05, 0.1) is 0 Å². The molecule has 0 saturated carbocycles. The van der Waals surface area contributed by atoms with E-state index < -0.39 is 17.7 Å². The van der Waals surface area contributed by atoms with Crippen LogP contribution in [-0.4, -0.2) is 18.4 Å². The zero-order valence-electron chi connectivity index (χ0n) is 11.4. The smallest absolute Gasteiger partial charge is 0.330 e. The van der Waals surface area contributed by atoms with Gasteiger partial charge in [0.25, 0.3) is 5.91 Å². The number of aryl methyl sites for hydroxylation is 1. The van der Waals surface area contributed by atoms with Gasteiger partial charge < -0.3 is 10.1 Å². The highest BCUT2D eigenvalue weighted by molar-refractivity contribution is 5.96. The Morgan fingerprint density at radius 2 is 1.76 bits per heavy atom. The number of amides is 1. The van der Waals surface area contributed by atoms with E-state index >= 15 is 0 Å². The van der Waals surface area contributed by atoms with E-state index in [-0.39, 0.29) is 12.1 Å². The Balaban J connectivity index is 1.88. The van der Waals surface area contributed by atoms with Gasteiger partial charge in [-0.1, -0.05) is 18.2 Å². The van der Waals surface area contributed by atoms with Crippen LogP contribution in [0.3, 0.4) is 0 Å². The molecule has 0 heterocycles. The van der Waals surface area contributed by atoms with Crippen LogP contribution in [0.5, 0.6) is 5.75 Å². The molecule has 0 saturated heterocycles. The van der Waals surface area contributed by atoms with E-state index in [1.807, 2.05) is 19.1 Å². The summed E-state index contributed by atoms with van der Waals surface area (Å²) < 4.78 is 17.9. The number of carbonyl (C=O) groups excluding carboxylic acids is 2. The summed E-state index contributed by atoms with van der Waals surface area (Å²) in [6.07, 6.45) is 0. The fourth-order valence-corrected chi connectivity index (χ4v) is 1.69. The Kier molecular flexibility index (Phi) is 4.66. The lowest BCUT2D eigenvalue weighted by Gasteiger charge is -2.08. The van der Waals surface area contributed by atoms with Crippen molar-refractivity contribution >= 4 is 11.9 Å². The summed E-state index contributed by atoms with van der Waals surface area (Å²) in [5, 5.41) is 2.42. The van der Waals surface area contributed by atoms with E-state index in [0.717, 1.165) is 5.56 Å². The lowest BCUT2D eigenvalue weighted by Crippen LogP contribution is -2.31. The highest BCUT2D eigenvalue weighted by Gasteiger charge is 2.10. The second-order valence-electron chi connectivity index (χ2n) is 4.43. The number of para-hydroxylation sites is 1. The maximum Gasteiger partial charge on any atom is 0.330 e. The predicted octanol–water partition coefficient (Wildman–Crippen LogP) is 2.47. The van der Waals surface area contributed by atoms with E-state index in [1.165, 1.54) is 24.3 Å². The molecule has 0 aliphatic heterocycles. The zero-order valence-corrected chi connectivity index (χ0v) is 11.4. The van der Waals surface area contributed by atoms with Gasteiger partial charge in [0.2, 0.25) is 0 Å². The first kappa shape index (κ1) is 14.7. The highest BCUT2D eigenvalue weighted by atomic mass is 19.1. The lowest BCUT2D eigenvalue weighted by atomic mass is 10.2. The van der Waals surface area contributed by atoms with Crippen molar-refractivity contribution in [2.24, 2.45) is 0 Å². The van der Waals surface area contributed by atoms with Gasteiger partial charge in [-0.2, -0.15) is 0 Å². The molecule has 1 amide bonds. The molecule has 0 aliphatic carbocycles. The molecule has 0 bridgehead atoms. The van der Waals surface area contributed by atoms with Crippen molar-refractivity contribution in [1.29, 1.82) is 0 Å². The molecule has 0 aromatic heterocycles. The van der Waals surface area contributed by atoms with E-state index in [2.05, 4.69) is 5.32 Å². The van der Waals surface area contributed by atoms with Gasteiger partial charge >= 0.3 is 5.97 Å². The second-order valence-corrected chi connectivity index (χ2v) is 4.43. The van der Waals surface area contributed by atoms with Crippen molar-refractivity contribution in [3.63, 3.8) is 0 Å². The van der Waals surface area contributed by atoms with Gasteiger partial charge in [0.1, 0.15) is 18.1 Å². The van der Waals surface area contributed by atoms with Crippen LogP contribution in [0.15, 0.2) is 48.5 Å². The van der Waals surface area contributed by atoms with Crippen molar-refractivity contribution in [2.75, 3.05) is 6.54 Å². The Labute approximate surface area is 121 Å². The highest BCUT2D eigenvalue weighted by Crippen LogP contribution is 2.16. The summed E-state index contributed by atoms with van der Waals surface area (Å²) in [4.78, 5) is 23.4. The van der Waals surface area contributed by atoms with Crippen LogP contribution in [0.4, 0.5) is 4.39 Å². The van der Waals surface area contributed by atoms with Crippen molar-refractivity contribution in [3.8, 4) is 5.75 Å². The van der Waals surface area contributed by atoms with Gasteiger partial charge in [-0.15, -0.1) is 0 Å². The first-order valence-electron chi connectivity index (χ1n) is 6.36. The number of rotatable bonds is 4. The normalized spacial score (nSPS) is 10.0. The molecule has 2 aromatic carbocycles. The van der Waals surface area contributed by atoms with Crippen molar-refractivity contribution in [1.82, 2.24) is 5.32 Å². The first-order chi connectivity index (χ1) is 10.1. The molecule has 21 heavy (non-hydrogen) atoms. The molecule has 0 atom stereocenters. The third-order valence-corrected chi connectivity index (χ3v) is 2.82. The average Bonchev–Trinajstić information content (AvgIpc) is 2.48. The standard InChI is InChI=1S/C16H14FNO3/c1-11-4-2-3-5-14(11)21-15(19)10-18-16(20)12-6-8-13(17)9-7-12/h2-9H,10H2,1H3,(H,18,20). The third kappa shape index (κ3) is 4.14. The van der Waals surface area contributed by atoms with E-state index in [4.69, 9.17) is 4.74 Å². The number of hydrogen-bond acceptors (Lipinski definition) is 3. The monoisotopic (exact) mass is 287 g/mol. The molecule has 5 heteroatoms. The molecule has 0 fully saturated rings. The summed E-state index contributed by atoms with van der Waals surface area (Å²) in [7, 11) is 0. The van der Waals surface area contributed by atoms with E-state index in [1.54, 1.807) is 12.1 Å². The van der Waals surface area contributed by atoms with Crippen LogP contribution in [0.1, 0.15) is 15.9 Å². The van der Waals surface area contributed by atoms with Gasteiger partial charge in [-0.3, -0.25) is 4.79 Å². The summed E-state index contributed by atoms with van der Waals surface area (Å²) in [5.74, 6) is -1.000. The zero-order chi connectivity index (χ0) is 15.2. The average molecular weight is 287 g/mol. The van der Waals surface area contributed by atoms with Crippen LogP contribution < -0.4 is 10.1 Å². The van der Waals surface area contributed by atoms with Crippen molar-refractivity contribution < 1.29 is 18.7 Å². The minimum absolute atomic E-state index is 0.259. The molecular formula is C16H14FNO3. The first-order valence-corrected chi connectivity index (χ1v) is 6.36. The number of carbonyl (C=O) groups is 2. The Morgan fingerprint density at radius 1 is 1.10 bits per heavy atom. The molecule has 0 aliphatic rings. The van der Waals surface area contributed by atoms with E-state index in [9.17, 15) is 14.0 Å². The van der Waals surface area contributed by atoms with Crippen LogP contribution in [-0.2, 0) is 4.79 Å². The summed E-state index contributed by atoms with van der Waals surface area (Å²) >= 11 is 0. The molecule has 4 nitrogen and oxygen atoms in total. The Bertz CT molecular complexity index is 653. The van der Waals surface area contributed by atoms with Crippen LogP contribution in [0.2, 0.25) is 0 Å². The molecular weight excluding hydrogens is 273 g/mol. The summed E-state index contributed by atoms with van der Waals surface area (Å²) in [5.41, 5.74) is 1.11. The Morgan fingerprint density at radius 3 is 2.43 bits per heavy atom. The number of esters is 1. The largest absolute Gasteiger partial charge is 0.425 e. The fourth-order valence-electron chi connectivity index (χ4n) is 1.69. The molecule has 2 rings (SSSR count). The van der Waals surface area contributed by atoms with Crippen LogP contribution in [0, 0.1) is 12.7 Å². The fraction of sp³-hybridized carbons (Fsp3) is 0.125. The van der Waals surface area contributed by atoms with E-state index in [0.29, 0.717) is 5.75 Å². The topological polar surface area (TPSA) is 55.4 Å². The number of nitrogens with one attached hydrogen (secondary N) is 1. The third-order valence-electron chi connectivity index (χ3n) is 2.82. The molecule has 1 N–H and O–H groups in total. The van der Waals surface area contributed by atoms with Crippen molar-refractivity contribution in [2.45, 2.75) is 6.92 Å². The maximum absolute atomic E-state index is 12.7. The van der Waals surface area contributed by atoms with Gasteiger partial charge in [0.15, 0.2) is 0 Å². The SMILES string of the molecule is Cc1ccccc1OC(=O)CNC(=O)c1ccc(F)cc1.